The molecule has 0 amide bonds. The van der Waals surface area contributed by atoms with E-state index in [1.807, 2.05) is 0 Å². The van der Waals surface area contributed by atoms with E-state index < -0.39 is 30.2 Å². The molecule has 19 heavy (non-hydrogen) atoms. The van der Waals surface area contributed by atoms with Gasteiger partial charge in [0.1, 0.15) is 13.2 Å². The highest BCUT2D eigenvalue weighted by molar-refractivity contribution is 5.98. The second-order valence-corrected chi connectivity index (χ2v) is 3.40. The second kappa shape index (κ2) is 9.87. The van der Waals surface area contributed by atoms with Gasteiger partial charge < -0.3 is 14.2 Å². The highest BCUT2D eigenvalue weighted by Crippen LogP contribution is 2.10. The molecule has 106 valence electrons. The van der Waals surface area contributed by atoms with Crippen LogP contribution in [0.5, 0.6) is 0 Å². The van der Waals surface area contributed by atoms with Gasteiger partial charge in [-0.25, -0.2) is 0 Å². The molecule has 0 spiro atoms. The lowest BCUT2D eigenvalue weighted by molar-refractivity contribution is -0.165. The van der Waals surface area contributed by atoms with E-state index in [2.05, 4.69) is 17.9 Å². The van der Waals surface area contributed by atoms with Crippen LogP contribution in [0.1, 0.15) is 13.3 Å². The van der Waals surface area contributed by atoms with E-state index >= 15 is 0 Å². The van der Waals surface area contributed by atoms with Gasteiger partial charge in [0.2, 0.25) is 0 Å². The number of esters is 3. The van der Waals surface area contributed by atoms with Gasteiger partial charge in [-0.15, -0.1) is 0 Å². The zero-order chi connectivity index (χ0) is 14.7. The molecule has 0 aliphatic rings. The predicted octanol–water partition coefficient (Wildman–Crippen LogP) is 1.01. The van der Waals surface area contributed by atoms with Crippen molar-refractivity contribution in [2.75, 3.05) is 19.8 Å². The molecule has 0 aromatic heterocycles. The lowest BCUT2D eigenvalue weighted by Crippen LogP contribution is -2.31. The molecule has 6 heteroatoms. The standard InChI is InChI=1S/C13H18O6/c1-4-7-18-12(15)10(9-11(14)17-6-3)13(16)19-8-5-2/h4-5,10H,1-2,6-9H2,3H3. The van der Waals surface area contributed by atoms with Crippen molar-refractivity contribution in [1.29, 1.82) is 0 Å². The molecule has 6 nitrogen and oxygen atoms in total. The van der Waals surface area contributed by atoms with Crippen molar-refractivity contribution in [2.45, 2.75) is 13.3 Å². The summed E-state index contributed by atoms with van der Waals surface area (Å²) in [7, 11) is 0. The summed E-state index contributed by atoms with van der Waals surface area (Å²) in [5.74, 6) is -3.69. The summed E-state index contributed by atoms with van der Waals surface area (Å²) in [4.78, 5) is 34.6. The van der Waals surface area contributed by atoms with Crippen molar-refractivity contribution >= 4 is 17.9 Å². The van der Waals surface area contributed by atoms with Crippen LogP contribution in [0.2, 0.25) is 0 Å². The molecule has 0 aromatic carbocycles. The van der Waals surface area contributed by atoms with Gasteiger partial charge in [-0.2, -0.15) is 0 Å². The lowest BCUT2D eigenvalue weighted by Gasteiger charge is -2.13. The topological polar surface area (TPSA) is 78.9 Å². The molecular formula is C13H18O6. The van der Waals surface area contributed by atoms with Crippen LogP contribution >= 0.6 is 0 Å². The van der Waals surface area contributed by atoms with Crippen molar-refractivity contribution in [2.24, 2.45) is 5.92 Å². The normalized spacial score (nSPS) is 9.58. The van der Waals surface area contributed by atoms with Crippen LogP contribution in [0.25, 0.3) is 0 Å². The fraction of sp³-hybridized carbons (Fsp3) is 0.462. The van der Waals surface area contributed by atoms with E-state index in [1.54, 1.807) is 6.92 Å². The first-order chi connectivity index (χ1) is 9.06. The second-order valence-electron chi connectivity index (χ2n) is 3.40. The Hall–Kier alpha value is -2.11. The maximum atomic E-state index is 11.6. The number of hydrogen-bond donors (Lipinski definition) is 0. The van der Waals surface area contributed by atoms with E-state index in [-0.39, 0.29) is 19.8 Å². The highest BCUT2D eigenvalue weighted by Gasteiger charge is 2.32. The van der Waals surface area contributed by atoms with Gasteiger partial charge in [0.15, 0.2) is 5.92 Å². The average molecular weight is 270 g/mol. The largest absolute Gasteiger partial charge is 0.466 e. The van der Waals surface area contributed by atoms with Crippen molar-refractivity contribution in [3.63, 3.8) is 0 Å². The third-order valence-corrected chi connectivity index (χ3v) is 1.93. The Morgan fingerprint density at radius 3 is 1.84 bits per heavy atom. The van der Waals surface area contributed by atoms with Crippen LogP contribution < -0.4 is 0 Å². The summed E-state index contributed by atoms with van der Waals surface area (Å²) < 4.78 is 14.2. The molecule has 0 aliphatic carbocycles. The molecule has 0 aromatic rings. The fourth-order valence-corrected chi connectivity index (χ4v) is 1.13. The monoisotopic (exact) mass is 270 g/mol. The quantitative estimate of drug-likeness (QED) is 0.269. The summed E-state index contributed by atoms with van der Waals surface area (Å²) in [6, 6.07) is 0. The molecule has 0 saturated heterocycles. The molecule has 0 radical (unpaired) electrons. The molecule has 0 heterocycles. The van der Waals surface area contributed by atoms with Crippen LogP contribution in [0.15, 0.2) is 25.3 Å². The summed E-state index contributed by atoms with van der Waals surface area (Å²) >= 11 is 0. The third-order valence-electron chi connectivity index (χ3n) is 1.93. The summed E-state index contributed by atoms with van der Waals surface area (Å²) in [6.07, 6.45) is 2.29. The first-order valence-electron chi connectivity index (χ1n) is 5.77. The van der Waals surface area contributed by atoms with Crippen molar-refractivity contribution < 1.29 is 28.6 Å². The van der Waals surface area contributed by atoms with Gasteiger partial charge in [0, 0.05) is 0 Å². The van der Waals surface area contributed by atoms with Gasteiger partial charge in [0.05, 0.1) is 13.0 Å². The summed E-state index contributed by atoms with van der Waals surface area (Å²) in [6.45, 7) is 8.45. The van der Waals surface area contributed by atoms with Gasteiger partial charge in [-0.1, -0.05) is 25.3 Å². The van der Waals surface area contributed by atoms with Gasteiger partial charge >= 0.3 is 17.9 Å². The number of carbonyl (C=O) groups is 3. The Morgan fingerprint density at radius 2 is 1.47 bits per heavy atom. The number of hydrogen-bond acceptors (Lipinski definition) is 6. The first kappa shape index (κ1) is 16.9. The number of ether oxygens (including phenoxy) is 3. The number of rotatable bonds is 9. The minimum atomic E-state index is -1.33. The van der Waals surface area contributed by atoms with E-state index in [0.29, 0.717) is 0 Å². The molecule has 0 bridgehead atoms. The Bertz CT molecular complexity index is 323. The average Bonchev–Trinajstić information content (AvgIpc) is 2.39. The smallest absolute Gasteiger partial charge is 0.321 e. The van der Waals surface area contributed by atoms with Gasteiger partial charge in [-0.3, -0.25) is 14.4 Å². The molecule has 0 unspecified atom stereocenters. The van der Waals surface area contributed by atoms with E-state index in [9.17, 15) is 14.4 Å². The Balaban J connectivity index is 4.65. The Kier molecular flexibility index (Phi) is 8.78. The Morgan fingerprint density at radius 1 is 1.00 bits per heavy atom. The predicted molar refractivity (Wildman–Crippen MR) is 67.1 cm³/mol. The molecule has 0 saturated carbocycles. The first-order valence-corrected chi connectivity index (χ1v) is 5.77. The molecule has 0 fully saturated rings. The van der Waals surface area contributed by atoms with Gasteiger partial charge in [-0.05, 0) is 6.92 Å². The van der Waals surface area contributed by atoms with Crippen molar-refractivity contribution in [1.82, 2.24) is 0 Å². The third kappa shape index (κ3) is 7.03. The van der Waals surface area contributed by atoms with Crippen LogP contribution in [-0.2, 0) is 28.6 Å². The fourth-order valence-electron chi connectivity index (χ4n) is 1.13. The van der Waals surface area contributed by atoms with E-state index in [4.69, 9.17) is 9.47 Å². The molecular weight excluding hydrogens is 252 g/mol. The number of carbonyl (C=O) groups excluding carboxylic acids is 3. The van der Waals surface area contributed by atoms with Crippen LogP contribution in [0.3, 0.4) is 0 Å². The minimum absolute atomic E-state index is 0.0487. The molecule has 0 aliphatic heterocycles. The summed E-state index contributed by atoms with van der Waals surface area (Å²) in [5.41, 5.74) is 0. The molecule has 0 N–H and O–H groups in total. The van der Waals surface area contributed by atoms with Crippen LogP contribution in [-0.4, -0.2) is 37.7 Å². The van der Waals surface area contributed by atoms with Crippen LogP contribution in [0, 0.1) is 5.92 Å². The van der Waals surface area contributed by atoms with Crippen molar-refractivity contribution in [3.05, 3.63) is 25.3 Å². The molecule has 0 rings (SSSR count). The van der Waals surface area contributed by atoms with E-state index in [1.165, 1.54) is 12.2 Å². The maximum Gasteiger partial charge on any atom is 0.321 e. The lowest BCUT2D eigenvalue weighted by atomic mass is 10.1. The minimum Gasteiger partial charge on any atom is -0.466 e. The zero-order valence-electron chi connectivity index (χ0n) is 10.9. The summed E-state index contributed by atoms with van der Waals surface area (Å²) in [5, 5.41) is 0. The highest BCUT2D eigenvalue weighted by atomic mass is 16.6. The maximum absolute atomic E-state index is 11.6. The molecule has 0 atom stereocenters. The zero-order valence-corrected chi connectivity index (χ0v) is 10.9. The van der Waals surface area contributed by atoms with Gasteiger partial charge in [0.25, 0.3) is 0 Å². The SMILES string of the molecule is C=CCOC(=O)C(CC(=O)OCC)C(=O)OCC=C. The van der Waals surface area contributed by atoms with Crippen molar-refractivity contribution in [3.8, 4) is 0 Å². The van der Waals surface area contributed by atoms with Crippen LogP contribution in [0.4, 0.5) is 0 Å². The Labute approximate surface area is 112 Å². The van der Waals surface area contributed by atoms with E-state index in [0.717, 1.165) is 0 Å².